The van der Waals surface area contributed by atoms with Crippen LogP contribution in [-0.2, 0) is 6.42 Å². The van der Waals surface area contributed by atoms with Crippen molar-refractivity contribution in [1.29, 1.82) is 0 Å². The Bertz CT molecular complexity index is 424. The van der Waals surface area contributed by atoms with Gasteiger partial charge in [-0.2, -0.15) is 0 Å². The Hall–Kier alpha value is -1.20. The number of piperazine rings is 1. The first-order chi connectivity index (χ1) is 9.56. The molecule has 112 valence electrons. The molecule has 5 nitrogen and oxygen atoms in total. The minimum Gasteiger partial charge on any atom is -0.354 e. The van der Waals surface area contributed by atoms with Gasteiger partial charge < -0.3 is 10.6 Å². The van der Waals surface area contributed by atoms with Crippen LogP contribution >= 0.6 is 0 Å². The maximum atomic E-state index is 5.86. The van der Waals surface area contributed by atoms with Gasteiger partial charge >= 0.3 is 0 Å². The second-order valence-corrected chi connectivity index (χ2v) is 6.11. The van der Waals surface area contributed by atoms with E-state index in [4.69, 9.17) is 5.73 Å². The van der Waals surface area contributed by atoms with E-state index in [1.54, 1.807) is 6.33 Å². The maximum absolute atomic E-state index is 5.86. The Kier molecular flexibility index (Phi) is 4.94. The summed E-state index contributed by atoms with van der Waals surface area (Å²) >= 11 is 0. The van der Waals surface area contributed by atoms with Crippen molar-refractivity contribution in [3.05, 3.63) is 18.1 Å². The van der Waals surface area contributed by atoms with Crippen LogP contribution in [0.2, 0.25) is 0 Å². The van der Waals surface area contributed by atoms with Crippen molar-refractivity contribution in [2.24, 2.45) is 5.73 Å². The second-order valence-electron chi connectivity index (χ2n) is 6.11. The summed E-state index contributed by atoms with van der Waals surface area (Å²) in [5.74, 6) is 1.06. The highest BCUT2D eigenvalue weighted by Gasteiger charge is 2.28. The molecule has 2 heterocycles. The van der Waals surface area contributed by atoms with Crippen molar-refractivity contribution in [3.8, 4) is 0 Å². The summed E-state index contributed by atoms with van der Waals surface area (Å²) in [4.78, 5) is 13.6. The zero-order valence-electron chi connectivity index (χ0n) is 13.0. The van der Waals surface area contributed by atoms with Crippen LogP contribution in [0.4, 0.5) is 5.82 Å². The predicted octanol–water partition coefficient (Wildman–Crippen LogP) is 1.29. The second kappa shape index (κ2) is 6.50. The number of aryl methyl sites for hydroxylation is 1. The molecule has 2 N–H and O–H groups in total. The molecule has 0 saturated carbocycles. The van der Waals surface area contributed by atoms with Crippen LogP contribution in [0.1, 0.15) is 32.9 Å². The fourth-order valence-electron chi connectivity index (χ4n) is 2.62. The molecule has 0 spiro atoms. The Morgan fingerprint density at radius 1 is 1.20 bits per heavy atom. The molecule has 0 aromatic carbocycles. The smallest absolute Gasteiger partial charge is 0.132 e. The molecule has 1 aliphatic rings. The van der Waals surface area contributed by atoms with E-state index in [2.05, 4.69) is 46.6 Å². The molecular formula is C15H27N5. The molecule has 0 atom stereocenters. The number of hydrogen-bond acceptors (Lipinski definition) is 5. The monoisotopic (exact) mass is 277 g/mol. The molecule has 1 saturated heterocycles. The third-order valence-corrected chi connectivity index (χ3v) is 4.17. The predicted molar refractivity (Wildman–Crippen MR) is 82.9 cm³/mol. The third kappa shape index (κ3) is 3.46. The number of hydrogen-bond donors (Lipinski definition) is 1. The van der Waals surface area contributed by atoms with E-state index < -0.39 is 0 Å². The zero-order valence-corrected chi connectivity index (χ0v) is 13.0. The Labute approximate surface area is 122 Å². The van der Waals surface area contributed by atoms with Gasteiger partial charge in [-0.15, -0.1) is 0 Å². The van der Waals surface area contributed by atoms with Crippen molar-refractivity contribution >= 4 is 5.82 Å². The van der Waals surface area contributed by atoms with E-state index in [9.17, 15) is 0 Å². The number of nitrogens with two attached hydrogens (primary N) is 1. The summed E-state index contributed by atoms with van der Waals surface area (Å²) in [7, 11) is 0. The van der Waals surface area contributed by atoms with Gasteiger partial charge in [0.1, 0.15) is 12.1 Å². The summed E-state index contributed by atoms with van der Waals surface area (Å²) in [5, 5.41) is 0. The summed E-state index contributed by atoms with van der Waals surface area (Å²) in [6.07, 6.45) is 3.83. The molecule has 1 aliphatic heterocycles. The highest BCUT2D eigenvalue weighted by atomic mass is 15.3. The maximum Gasteiger partial charge on any atom is 0.132 e. The van der Waals surface area contributed by atoms with Crippen molar-refractivity contribution in [1.82, 2.24) is 14.9 Å². The van der Waals surface area contributed by atoms with Crippen molar-refractivity contribution in [3.63, 3.8) is 0 Å². The van der Waals surface area contributed by atoms with Crippen LogP contribution in [0.5, 0.6) is 0 Å². The van der Waals surface area contributed by atoms with Crippen LogP contribution in [0.3, 0.4) is 0 Å². The topological polar surface area (TPSA) is 58.3 Å². The van der Waals surface area contributed by atoms with Gasteiger partial charge in [-0.3, -0.25) is 4.90 Å². The van der Waals surface area contributed by atoms with Crippen molar-refractivity contribution in [2.45, 2.75) is 39.2 Å². The lowest BCUT2D eigenvalue weighted by Crippen LogP contribution is -2.57. The molecule has 2 rings (SSSR count). The molecule has 0 aliphatic carbocycles. The average molecular weight is 277 g/mol. The Morgan fingerprint density at radius 3 is 2.50 bits per heavy atom. The average Bonchev–Trinajstić information content (AvgIpc) is 2.48. The van der Waals surface area contributed by atoms with Crippen molar-refractivity contribution < 1.29 is 0 Å². The Balaban J connectivity index is 1.98. The lowest BCUT2D eigenvalue weighted by Gasteiger charge is -2.43. The molecular weight excluding hydrogens is 250 g/mol. The quantitative estimate of drug-likeness (QED) is 0.879. The largest absolute Gasteiger partial charge is 0.354 e. The van der Waals surface area contributed by atoms with Crippen molar-refractivity contribution in [2.75, 3.05) is 37.6 Å². The Morgan fingerprint density at radius 2 is 1.90 bits per heavy atom. The van der Waals surface area contributed by atoms with Gasteiger partial charge in [0.25, 0.3) is 0 Å². The number of nitrogens with zero attached hydrogens (tertiary/aromatic N) is 4. The van der Waals surface area contributed by atoms with Crippen LogP contribution in [0.25, 0.3) is 0 Å². The summed E-state index contributed by atoms with van der Waals surface area (Å²) in [5.41, 5.74) is 7.09. The minimum absolute atomic E-state index is 0.0884. The normalized spacial score (nSPS) is 17.5. The fourth-order valence-corrected chi connectivity index (χ4v) is 2.62. The molecule has 1 fully saturated rings. The van der Waals surface area contributed by atoms with E-state index in [0.717, 1.165) is 50.5 Å². The van der Waals surface area contributed by atoms with Gasteiger partial charge in [-0.25, -0.2) is 9.97 Å². The van der Waals surface area contributed by atoms with Crippen LogP contribution in [0.15, 0.2) is 12.4 Å². The lowest BCUT2D eigenvalue weighted by molar-refractivity contribution is 0.119. The summed E-state index contributed by atoms with van der Waals surface area (Å²) in [6, 6.07) is 2.13. The highest BCUT2D eigenvalue weighted by Crippen LogP contribution is 2.19. The molecule has 0 unspecified atom stereocenters. The molecule has 1 aromatic rings. The summed E-state index contributed by atoms with van der Waals surface area (Å²) < 4.78 is 0. The zero-order chi connectivity index (χ0) is 14.6. The molecule has 5 heteroatoms. The molecule has 0 bridgehead atoms. The number of anilines is 1. The minimum atomic E-state index is 0.0884. The van der Waals surface area contributed by atoms with Crippen LogP contribution in [0, 0.1) is 0 Å². The van der Waals surface area contributed by atoms with E-state index in [0.29, 0.717) is 6.54 Å². The van der Waals surface area contributed by atoms with Crippen LogP contribution in [-0.4, -0.2) is 53.1 Å². The number of rotatable bonds is 5. The molecule has 1 aromatic heterocycles. The van der Waals surface area contributed by atoms with Gasteiger partial charge in [-0.1, -0.05) is 13.3 Å². The first-order valence-electron chi connectivity index (χ1n) is 7.58. The fraction of sp³-hybridized carbons (Fsp3) is 0.733. The standard InChI is InChI=1S/C15H27N5/c1-4-5-13-10-14(18-12-17-13)19-6-8-20(9-7-19)15(2,3)11-16/h10,12H,4-9,11,16H2,1-3H3. The summed E-state index contributed by atoms with van der Waals surface area (Å²) in [6.45, 7) is 11.4. The molecule has 20 heavy (non-hydrogen) atoms. The van der Waals surface area contributed by atoms with Gasteiger partial charge in [0, 0.05) is 50.0 Å². The van der Waals surface area contributed by atoms with Crippen LogP contribution < -0.4 is 10.6 Å². The first-order valence-corrected chi connectivity index (χ1v) is 7.58. The molecule has 0 amide bonds. The number of aromatic nitrogens is 2. The van der Waals surface area contributed by atoms with E-state index in [1.807, 2.05) is 0 Å². The van der Waals surface area contributed by atoms with E-state index in [1.165, 1.54) is 0 Å². The molecule has 0 radical (unpaired) electrons. The van der Waals surface area contributed by atoms with Gasteiger partial charge in [0.15, 0.2) is 0 Å². The van der Waals surface area contributed by atoms with Gasteiger partial charge in [0.05, 0.1) is 0 Å². The highest BCUT2D eigenvalue weighted by molar-refractivity contribution is 5.39. The third-order valence-electron chi connectivity index (χ3n) is 4.17. The first kappa shape index (κ1) is 15.2. The van der Waals surface area contributed by atoms with E-state index in [-0.39, 0.29) is 5.54 Å². The SMILES string of the molecule is CCCc1cc(N2CCN(C(C)(C)CN)CC2)ncn1. The van der Waals surface area contributed by atoms with Gasteiger partial charge in [-0.05, 0) is 20.3 Å². The lowest BCUT2D eigenvalue weighted by atomic mass is 10.0. The van der Waals surface area contributed by atoms with E-state index >= 15 is 0 Å². The van der Waals surface area contributed by atoms with Gasteiger partial charge in [0.2, 0.25) is 0 Å².